The van der Waals surface area contributed by atoms with E-state index >= 15 is 0 Å². The van der Waals surface area contributed by atoms with Crippen molar-refractivity contribution < 1.29 is 13.9 Å². The average molecular weight is 317 g/mol. The van der Waals surface area contributed by atoms with Crippen molar-refractivity contribution in [2.45, 2.75) is 6.54 Å². The van der Waals surface area contributed by atoms with Crippen molar-refractivity contribution in [3.05, 3.63) is 59.9 Å². The van der Waals surface area contributed by atoms with Gasteiger partial charge < -0.3 is 20.7 Å². The zero-order valence-electron chi connectivity index (χ0n) is 12.9. The van der Waals surface area contributed by atoms with Crippen molar-refractivity contribution in [2.24, 2.45) is 0 Å². The number of carbonyl (C=O) groups excluding carboxylic acids is 1. The molecule has 122 valence electrons. The summed E-state index contributed by atoms with van der Waals surface area (Å²) in [6, 6.07) is 13.1. The predicted molar refractivity (Wildman–Crippen MR) is 89.1 cm³/mol. The van der Waals surface area contributed by atoms with Crippen LogP contribution in [0.5, 0.6) is 0 Å². The van der Waals surface area contributed by atoms with Crippen LogP contribution in [0.4, 0.5) is 20.6 Å². The number of anilines is 2. The van der Waals surface area contributed by atoms with Crippen molar-refractivity contribution in [2.75, 3.05) is 30.9 Å². The minimum absolute atomic E-state index is 0.334. The molecule has 0 radical (unpaired) electrons. The third kappa shape index (κ3) is 5.96. The summed E-state index contributed by atoms with van der Waals surface area (Å²) in [5.74, 6) is -0.338. The van der Waals surface area contributed by atoms with Gasteiger partial charge in [-0.15, -0.1) is 0 Å². The second kappa shape index (κ2) is 8.75. The predicted octanol–water partition coefficient (Wildman–Crippen LogP) is 3.21. The molecular weight excluding hydrogens is 297 g/mol. The van der Waals surface area contributed by atoms with Gasteiger partial charge >= 0.3 is 6.03 Å². The Bertz CT molecular complexity index is 615. The van der Waals surface area contributed by atoms with E-state index in [-0.39, 0.29) is 11.8 Å². The fourth-order valence-electron chi connectivity index (χ4n) is 1.93. The lowest BCUT2D eigenvalue weighted by Crippen LogP contribution is -2.28. The Morgan fingerprint density at radius 3 is 2.35 bits per heavy atom. The van der Waals surface area contributed by atoms with Gasteiger partial charge in [-0.25, -0.2) is 9.18 Å². The molecule has 23 heavy (non-hydrogen) atoms. The molecule has 2 rings (SSSR count). The molecule has 6 heteroatoms. The standard InChI is InChI=1S/C17H20FN3O2/c1-23-11-10-19-15-6-2-13(3-7-15)12-20-17(22)21-16-8-4-14(18)5-9-16/h2-9,19H,10-12H2,1H3,(H2,20,21,22). The maximum absolute atomic E-state index is 12.8. The molecule has 0 aliphatic carbocycles. The Morgan fingerprint density at radius 2 is 1.70 bits per heavy atom. The average Bonchev–Trinajstić information content (AvgIpc) is 2.56. The van der Waals surface area contributed by atoms with Crippen LogP contribution in [0.25, 0.3) is 0 Å². The highest BCUT2D eigenvalue weighted by Gasteiger charge is 2.02. The van der Waals surface area contributed by atoms with Crippen molar-refractivity contribution in [1.82, 2.24) is 5.32 Å². The lowest BCUT2D eigenvalue weighted by Gasteiger charge is -2.09. The first-order valence-electron chi connectivity index (χ1n) is 7.29. The lowest BCUT2D eigenvalue weighted by molar-refractivity contribution is 0.211. The van der Waals surface area contributed by atoms with Crippen LogP contribution in [0.3, 0.4) is 0 Å². The molecule has 2 aromatic carbocycles. The molecule has 0 spiro atoms. The summed E-state index contributed by atoms with van der Waals surface area (Å²) in [6.07, 6.45) is 0. The van der Waals surface area contributed by atoms with Crippen LogP contribution in [0.15, 0.2) is 48.5 Å². The number of hydrogen-bond acceptors (Lipinski definition) is 3. The summed E-state index contributed by atoms with van der Waals surface area (Å²) in [6.45, 7) is 1.80. The van der Waals surface area contributed by atoms with Gasteiger partial charge in [-0.2, -0.15) is 0 Å². The number of halogens is 1. The molecule has 3 N–H and O–H groups in total. The Labute approximate surface area is 134 Å². The third-order valence-corrected chi connectivity index (χ3v) is 3.14. The Morgan fingerprint density at radius 1 is 1.04 bits per heavy atom. The van der Waals surface area contributed by atoms with Crippen molar-refractivity contribution in [3.63, 3.8) is 0 Å². The molecule has 0 unspecified atom stereocenters. The van der Waals surface area contributed by atoms with E-state index in [4.69, 9.17) is 4.74 Å². The topological polar surface area (TPSA) is 62.4 Å². The normalized spacial score (nSPS) is 10.2. The number of ether oxygens (including phenoxy) is 1. The summed E-state index contributed by atoms with van der Waals surface area (Å²) < 4.78 is 17.8. The molecule has 0 aliphatic rings. The monoisotopic (exact) mass is 317 g/mol. The molecule has 0 saturated heterocycles. The minimum atomic E-state index is -0.338. The number of amides is 2. The summed E-state index contributed by atoms with van der Waals surface area (Å²) in [4.78, 5) is 11.8. The number of hydrogen-bond donors (Lipinski definition) is 3. The molecule has 5 nitrogen and oxygen atoms in total. The number of urea groups is 1. The van der Waals surface area contributed by atoms with Gasteiger partial charge in [-0.3, -0.25) is 0 Å². The van der Waals surface area contributed by atoms with Crippen molar-refractivity contribution in [3.8, 4) is 0 Å². The molecule has 2 aromatic rings. The van der Waals surface area contributed by atoms with Crippen LogP contribution in [0, 0.1) is 5.82 Å². The second-order valence-electron chi connectivity index (χ2n) is 4.93. The van der Waals surface area contributed by atoms with E-state index in [9.17, 15) is 9.18 Å². The molecule has 0 saturated carbocycles. The zero-order chi connectivity index (χ0) is 16.5. The smallest absolute Gasteiger partial charge is 0.319 e. The molecule has 0 aromatic heterocycles. The first-order chi connectivity index (χ1) is 11.2. The molecule has 0 atom stereocenters. The van der Waals surface area contributed by atoms with Gasteiger partial charge in [-0.1, -0.05) is 12.1 Å². The van der Waals surface area contributed by atoms with E-state index in [0.717, 1.165) is 17.8 Å². The highest BCUT2D eigenvalue weighted by atomic mass is 19.1. The van der Waals surface area contributed by atoms with Gasteiger partial charge in [0.25, 0.3) is 0 Å². The number of benzene rings is 2. The van der Waals surface area contributed by atoms with E-state index in [1.807, 2.05) is 24.3 Å². The van der Waals surface area contributed by atoms with Crippen LogP contribution in [0.2, 0.25) is 0 Å². The molecule has 0 aliphatic heterocycles. The van der Waals surface area contributed by atoms with E-state index in [1.54, 1.807) is 7.11 Å². The van der Waals surface area contributed by atoms with Crippen molar-refractivity contribution >= 4 is 17.4 Å². The van der Waals surface area contributed by atoms with Crippen molar-refractivity contribution in [1.29, 1.82) is 0 Å². The van der Waals surface area contributed by atoms with E-state index < -0.39 is 0 Å². The number of rotatable bonds is 7. The SMILES string of the molecule is COCCNc1ccc(CNC(=O)Nc2ccc(F)cc2)cc1. The number of nitrogens with one attached hydrogen (secondary N) is 3. The van der Waals surface area contributed by atoms with E-state index in [0.29, 0.717) is 18.8 Å². The van der Waals surface area contributed by atoms with Gasteiger partial charge in [0.2, 0.25) is 0 Å². The second-order valence-corrected chi connectivity index (χ2v) is 4.93. The Balaban J connectivity index is 1.76. The van der Waals surface area contributed by atoms with Crippen LogP contribution < -0.4 is 16.0 Å². The molecule has 0 fully saturated rings. The fourth-order valence-corrected chi connectivity index (χ4v) is 1.93. The number of carbonyl (C=O) groups is 1. The highest BCUT2D eigenvalue weighted by Crippen LogP contribution is 2.10. The minimum Gasteiger partial charge on any atom is -0.383 e. The molecule has 0 heterocycles. The van der Waals surface area contributed by atoms with Crippen LogP contribution in [0.1, 0.15) is 5.56 Å². The van der Waals surface area contributed by atoms with Gasteiger partial charge in [0.05, 0.1) is 6.61 Å². The Kier molecular flexibility index (Phi) is 6.38. The number of methoxy groups -OCH3 is 1. The summed E-state index contributed by atoms with van der Waals surface area (Å²) >= 11 is 0. The van der Waals surface area contributed by atoms with Crippen LogP contribution in [-0.4, -0.2) is 26.3 Å². The first kappa shape index (κ1) is 16.8. The first-order valence-corrected chi connectivity index (χ1v) is 7.29. The largest absolute Gasteiger partial charge is 0.383 e. The maximum Gasteiger partial charge on any atom is 0.319 e. The van der Waals surface area contributed by atoms with Gasteiger partial charge in [0.1, 0.15) is 5.82 Å². The molecule has 2 amide bonds. The zero-order valence-corrected chi connectivity index (χ0v) is 12.9. The summed E-state index contributed by atoms with van der Waals surface area (Å²) in [5.41, 5.74) is 2.53. The Hall–Kier alpha value is -2.60. The fraction of sp³-hybridized carbons (Fsp3) is 0.235. The summed E-state index contributed by atoms with van der Waals surface area (Å²) in [7, 11) is 1.66. The highest BCUT2D eigenvalue weighted by molar-refractivity contribution is 5.89. The molecule has 0 bridgehead atoms. The van der Waals surface area contributed by atoms with Gasteiger partial charge in [0.15, 0.2) is 0 Å². The van der Waals surface area contributed by atoms with Crippen LogP contribution in [-0.2, 0) is 11.3 Å². The molecular formula is C17H20FN3O2. The maximum atomic E-state index is 12.8. The van der Waals surface area contributed by atoms with E-state index in [2.05, 4.69) is 16.0 Å². The third-order valence-electron chi connectivity index (χ3n) is 3.14. The van der Waals surface area contributed by atoms with Crippen LogP contribution >= 0.6 is 0 Å². The van der Waals surface area contributed by atoms with Gasteiger partial charge in [0, 0.05) is 31.6 Å². The van der Waals surface area contributed by atoms with Gasteiger partial charge in [-0.05, 0) is 42.0 Å². The lowest BCUT2D eigenvalue weighted by atomic mass is 10.2. The summed E-state index contributed by atoms with van der Waals surface area (Å²) in [5, 5.41) is 8.61. The van der Waals surface area contributed by atoms with E-state index in [1.165, 1.54) is 24.3 Å². The quantitative estimate of drug-likeness (QED) is 0.687.